The number of halogens is 2. The molecule has 0 aliphatic rings. The molecule has 0 spiro atoms. The van der Waals surface area contributed by atoms with Crippen molar-refractivity contribution < 1.29 is 9.18 Å². The second-order valence-corrected chi connectivity index (χ2v) is 4.42. The zero-order valence-corrected chi connectivity index (χ0v) is 9.74. The highest BCUT2D eigenvalue weighted by atomic mass is 35.5. The SMILES string of the molecule is CC(=O)SCC=Cc1cccc(F)c1Cl. The Balaban J connectivity index is 2.64. The molecule has 0 fully saturated rings. The Morgan fingerprint density at radius 3 is 3.00 bits per heavy atom. The van der Waals surface area contributed by atoms with Crippen molar-refractivity contribution in [3.8, 4) is 0 Å². The van der Waals surface area contributed by atoms with Crippen LogP contribution in [0.5, 0.6) is 0 Å². The second-order valence-electron chi connectivity index (χ2n) is 2.85. The fraction of sp³-hybridized carbons (Fsp3) is 0.182. The third-order valence-corrected chi connectivity index (χ3v) is 2.83. The van der Waals surface area contributed by atoms with Gasteiger partial charge in [0.05, 0.1) is 5.02 Å². The van der Waals surface area contributed by atoms with E-state index in [-0.39, 0.29) is 10.1 Å². The predicted molar refractivity (Wildman–Crippen MR) is 63.6 cm³/mol. The maximum atomic E-state index is 13.0. The number of carbonyl (C=O) groups excluding carboxylic acids is 1. The molecule has 0 saturated heterocycles. The molecule has 80 valence electrons. The highest BCUT2D eigenvalue weighted by molar-refractivity contribution is 8.13. The van der Waals surface area contributed by atoms with Crippen LogP contribution in [0.4, 0.5) is 4.39 Å². The summed E-state index contributed by atoms with van der Waals surface area (Å²) < 4.78 is 13.0. The lowest BCUT2D eigenvalue weighted by molar-refractivity contribution is -0.109. The van der Waals surface area contributed by atoms with Crippen LogP contribution in [-0.2, 0) is 4.79 Å². The van der Waals surface area contributed by atoms with Crippen LogP contribution in [0.2, 0.25) is 5.02 Å². The van der Waals surface area contributed by atoms with Crippen molar-refractivity contribution in [2.24, 2.45) is 0 Å². The molecule has 0 heterocycles. The molecular formula is C11H10ClFOS. The minimum absolute atomic E-state index is 0.0602. The number of thioether (sulfide) groups is 1. The molecule has 1 rings (SSSR count). The van der Waals surface area contributed by atoms with Gasteiger partial charge in [-0.1, -0.05) is 47.6 Å². The Kier molecular flexibility index (Phi) is 4.85. The summed E-state index contributed by atoms with van der Waals surface area (Å²) in [6.45, 7) is 1.51. The minimum atomic E-state index is -0.432. The predicted octanol–water partition coefficient (Wildman–Crippen LogP) is 3.77. The summed E-state index contributed by atoms with van der Waals surface area (Å²) in [4.78, 5) is 10.6. The van der Waals surface area contributed by atoms with Crippen molar-refractivity contribution >= 4 is 34.6 Å². The van der Waals surface area contributed by atoms with E-state index >= 15 is 0 Å². The van der Waals surface area contributed by atoms with Gasteiger partial charge in [-0.2, -0.15) is 0 Å². The zero-order valence-electron chi connectivity index (χ0n) is 8.17. The van der Waals surface area contributed by atoms with Gasteiger partial charge in [0.1, 0.15) is 5.82 Å². The summed E-state index contributed by atoms with van der Waals surface area (Å²) in [7, 11) is 0. The van der Waals surface area contributed by atoms with E-state index < -0.39 is 5.82 Å². The Labute approximate surface area is 97.3 Å². The van der Waals surface area contributed by atoms with E-state index in [9.17, 15) is 9.18 Å². The Bertz CT molecular complexity index is 390. The lowest BCUT2D eigenvalue weighted by atomic mass is 10.2. The molecule has 0 saturated carbocycles. The third kappa shape index (κ3) is 4.06. The Morgan fingerprint density at radius 1 is 1.60 bits per heavy atom. The molecule has 0 bridgehead atoms. The number of benzene rings is 1. The molecule has 0 atom stereocenters. The quantitative estimate of drug-likeness (QED) is 0.805. The number of carbonyl (C=O) groups is 1. The van der Waals surface area contributed by atoms with Crippen LogP contribution in [0, 0.1) is 5.82 Å². The average molecular weight is 245 g/mol. The van der Waals surface area contributed by atoms with Gasteiger partial charge in [0.2, 0.25) is 0 Å². The van der Waals surface area contributed by atoms with E-state index in [0.717, 1.165) is 0 Å². The number of hydrogen-bond acceptors (Lipinski definition) is 2. The summed E-state index contributed by atoms with van der Waals surface area (Å²) in [5, 5.41) is 0.173. The van der Waals surface area contributed by atoms with Gasteiger partial charge in [-0.25, -0.2) is 4.39 Å². The van der Waals surface area contributed by atoms with E-state index in [4.69, 9.17) is 11.6 Å². The third-order valence-electron chi connectivity index (χ3n) is 1.66. The summed E-state index contributed by atoms with van der Waals surface area (Å²) in [6.07, 6.45) is 3.49. The van der Waals surface area contributed by atoms with Gasteiger partial charge in [0.15, 0.2) is 5.12 Å². The molecular weight excluding hydrogens is 235 g/mol. The van der Waals surface area contributed by atoms with Crippen LogP contribution < -0.4 is 0 Å². The maximum absolute atomic E-state index is 13.0. The summed E-state index contributed by atoms with van der Waals surface area (Å²) in [5.74, 6) is 0.139. The first-order valence-electron chi connectivity index (χ1n) is 4.35. The lowest BCUT2D eigenvalue weighted by Gasteiger charge is -1.98. The van der Waals surface area contributed by atoms with E-state index in [1.54, 1.807) is 24.3 Å². The van der Waals surface area contributed by atoms with E-state index in [1.807, 2.05) is 0 Å². The molecule has 0 radical (unpaired) electrons. The largest absolute Gasteiger partial charge is 0.288 e. The summed E-state index contributed by atoms with van der Waals surface area (Å²) in [5.41, 5.74) is 0.626. The summed E-state index contributed by atoms with van der Waals surface area (Å²) in [6, 6.07) is 4.63. The zero-order chi connectivity index (χ0) is 11.3. The van der Waals surface area contributed by atoms with Crippen molar-refractivity contribution in [3.05, 3.63) is 40.7 Å². The van der Waals surface area contributed by atoms with Crippen molar-refractivity contribution in [2.75, 3.05) is 5.75 Å². The highest BCUT2D eigenvalue weighted by Crippen LogP contribution is 2.20. The molecule has 1 aromatic rings. The maximum Gasteiger partial charge on any atom is 0.186 e. The first-order valence-corrected chi connectivity index (χ1v) is 5.71. The normalized spacial score (nSPS) is 10.9. The molecule has 15 heavy (non-hydrogen) atoms. The molecule has 1 nitrogen and oxygen atoms in total. The van der Waals surface area contributed by atoms with Gasteiger partial charge < -0.3 is 0 Å². The van der Waals surface area contributed by atoms with Crippen LogP contribution in [-0.4, -0.2) is 10.9 Å². The molecule has 0 aromatic heterocycles. The van der Waals surface area contributed by atoms with E-state index in [1.165, 1.54) is 24.8 Å². The molecule has 0 amide bonds. The van der Waals surface area contributed by atoms with Crippen LogP contribution in [0.15, 0.2) is 24.3 Å². The second kappa shape index (κ2) is 5.93. The number of rotatable bonds is 3. The molecule has 0 N–H and O–H groups in total. The van der Waals surface area contributed by atoms with Crippen molar-refractivity contribution in [1.82, 2.24) is 0 Å². The van der Waals surface area contributed by atoms with Gasteiger partial charge in [-0.15, -0.1) is 0 Å². The van der Waals surface area contributed by atoms with Gasteiger partial charge in [0, 0.05) is 12.7 Å². The van der Waals surface area contributed by atoms with Gasteiger partial charge >= 0.3 is 0 Å². The number of hydrogen-bond donors (Lipinski definition) is 0. The first kappa shape index (κ1) is 12.3. The van der Waals surface area contributed by atoms with Crippen molar-refractivity contribution in [3.63, 3.8) is 0 Å². The minimum Gasteiger partial charge on any atom is -0.288 e. The highest BCUT2D eigenvalue weighted by Gasteiger charge is 2.01. The topological polar surface area (TPSA) is 17.1 Å². The van der Waals surface area contributed by atoms with E-state index in [0.29, 0.717) is 11.3 Å². The average Bonchev–Trinajstić information content (AvgIpc) is 2.18. The van der Waals surface area contributed by atoms with Crippen LogP contribution in [0.25, 0.3) is 6.08 Å². The van der Waals surface area contributed by atoms with Crippen LogP contribution in [0.3, 0.4) is 0 Å². The standard InChI is InChI=1S/C11H10ClFOS/c1-8(14)15-7-3-5-9-4-2-6-10(13)11(9)12/h2-6H,7H2,1H3. The van der Waals surface area contributed by atoms with Gasteiger partial charge in [-0.05, 0) is 11.6 Å². The molecule has 1 aromatic carbocycles. The molecule has 0 aliphatic carbocycles. The van der Waals surface area contributed by atoms with Crippen molar-refractivity contribution in [1.29, 1.82) is 0 Å². The molecule has 0 unspecified atom stereocenters. The Hall–Kier alpha value is -0.800. The Morgan fingerprint density at radius 2 is 2.33 bits per heavy atom. The lowest BCUT2D eigenvalue weighted by Crippen LogP contribution is -1.83. The van der Waals surface area contributed by atoms with Crippen molar-refractivity contribution in [2.45, 2.75) is 6.92 Å². The first-order chi connectivity index (χ1) is 7.11. The monoisotopic (exact) mass is 244 g/mol. The summed E-state index contributed by atoms with van der Waals surface area (Å²) >= 11 is 6.93. The fourth-order valence-corrected chi connectivity index (χ4v) is 1.61. The smallest absolute Gasteiger partial charge is 0.186 e. The van der Waals surface area contributed by atoms with Gasteiger partial charge in [0.25, 0.3) is 0 Å². The fourth-order valence-electron chi connectivity index (χ4n) is 0.990. The van der Waals surface area contributed by atoms with Crippen LogP contribution >= 0.6 is 23.4 Å². The van der Waals surface area contributed by atoms with Gasteiger partial charge in [-0.3, -0.25) is 4.79 Å². The molecule has 4 heteroatoms. The van der Waals surface area contributed by atoms with Crippen LogP contribution in [0.1, 0.15) is 12.5 Å². The van der Waals surface area contributed by atoms with E-state index in [2.05, 4.69) is 0 Å². The molecule has 0 aliphatic heterocycles.